The number of ether oxygens (including phenoxy) is 1. The fourth-order valence-electron chi connectivity index (χ4n) is 1.69. The summed E-state index contributed by atoms with van der Waals surface area (Å²) in [6.45, 7) is 2.09. The summed E-state index contributed by atoms with van der Waals surface area (Å²) in [5, 5.41) is 10.9. The van der Waals surface area contributed by atoms with Crippen molar-refractivity contribution in [2.75, 3.05) is 13.7 Å². The molecule has 0 aliphatic rings. The Labute approximate surface area is 133 Å². The molecule has 1 heterocycles. The first-order valence-corrected chi connectivity index (χ1v) is 8.41. The van der Waals surface area contributed by atoms with Crippen molar-refractivity contribution in [3.05, 3.63) is 40.4 Å². The summed E-state index contributed by atoms with van der Waals surface area (Å²) in [7, 11) is 1.66. The van der Waals surface area contributed by atoms with E-state index in [1.54, 1.807) is 30.2 Å². The monoisotopic (exact) mass is 319 g/mol. The Morgan fingerprint density at radius 3 is 2.95 bits per heavy atom. The predicted molar refractivity (Wildman–Crippen MR) is 88.0 cm³/mol. The van der Waals surface area contributed by atoms with Crippen LogP contribution in [0.25, 0.3) is 0 Å². The van der Waals surface area contributed by atoms with Crippen LogP contribution < -0.4 is 4.74 Å². The first kappa shape index (κ1) is 15.9. The van der Waals surface area contributed by atoms with E-state index in [4.69, 9.17) is 9.84 Å². The lowest BCUT2D eigenvalue weighted by molar-refractivity contribution is 0.305. The quantitative estimate of drug-likeness (QED) is 0.677. The van der Waals surface area contributed by atoms with Crippen LogP contribution in [-0.4, -0.2) is 23.8 Å². The van der Waals surface area contributed by atoms with Gasteiger partial charge in [-0.1, -0.05) is 23.6 Å². The minimum Gasteiger partial charge on any atom is -0.497 e. The molecule has 0 saturated heterocycles. The SMILES string of the molecule is COc1ccc(C#CCCO)c(CSc2nc(C)cs2)c1. The highest BCUT2D eigenvalue weighted by Crippen LogP contribution is 2.28. The fourth-order valence-corrected chi connectivity index (χ4v) is 3.53. The van der Waals surface area contributed by atoms with E-state index in [2.05, 4.69) is 22.2 Å². The van der Waals surface area contributed by atoms with Crippen LogP contribution in [0, 0.1) is 18.8 Å². The highest BCUT2D eigenvalue weighted by atomic mass is 32.2. The van der Waals surface area contributed by atoms with Crippen molar-refractivity contribution in [3.8, 4) is 17.6 Å². The van der Waals surface area contributed by atoms with Gasteiger partial charge in [0, 0.05) is 28.8 Å². The van der Waals surface area contributed by atoms with Crippen molar-refractivity contribution < 1.29 is 9.84 Å². The van der Waals surface area contributed by atoms with Gasteiger partial charge < -0.3 is 9.84 Å². The van der Waals surface area contributed by atoms with Crippen molar-refractivity contribution in [1.82, 2.24) is 4.98 Å². The summed E-state index contributed by atoms with van der Waals surface area (Å²) in [4.78, 5) is 4.45. The second-order valence-corrected chi connectivity index (χ2v) is 6.42. The minimum atomic E-state index is 0.0889. The van der Waals surface area contributed by atoms with E-state index in [9.17, 15) is 0 Å². The van der Waals surface area contributed by atoms with Crippen molar-refractivity contribution in [2.24, 2.45) is 0 Å². The first-order valence-electron chi connectivity index (χ1n) is 6.54. The Hall–Kier alpha value is -1.48. The molecule has 1 aromatic carbocycles. The minimum absolute atomic E-state index is 0.0889. The van der Waals surface area contributed by atoms with Gasteiger partial charge in [-0.05, 0) is 30.7 Å². The van der Waals surface area contributed by atoms with E-state index in [-0.39, 0.29) is 6.61 Å². The maximum Gasteiger partial charge on any atom is 0.150 e. The number of hydrogen-bond acceptors (Lipinski definition) is 5. The Balaban J connectivity index is 2.16. The Morgan fingerprint density at radius 2 is 2.29 bits per heavy atom. The first-order chi connectivity index (χ1) is 10.2. The molecule has 0 fully saturated rings. The number of thiazole rings is 1. The van der Waals surface area contributed by atoms with Crippen LogP contribution in [0.4, 0.5) is 0 Å². The zero-order valence-corrected chi connectivity index (χ0v) is 13.7. The van der Waals surface area contributed by atoms with E-state index >= 15 is 0 Å². The summed E-state index contributed by atoms with van der Waals surface area (Å²) in [5.74, 6) is 7.71. The van der Waals surface area contributed by atoms with E-state index in [1.807, 2.05) is 25.1 Å². The third-order valence-electron chi connectivity index (χ3n) is 2.72. The normalized spacial score (nSPS) is 10.0. The van der Waals surface area contributed by atoms with Crippen LogP contribution in [0.2, 0.25) is 0 Å². The van der Waals surface area contributed by atoms with E-state index < -0.39 is 0 Å². The van der Waals surface area contributed by atoms with Gasteiger partial charge in [0.25, 0.3) is 0 Å². The second-order valence-electron chi connectivity index (χ2n) is 4.34. The molecule has 0 amide bonds. The van der Waals surface area contributed by atoms with Gasteiger partial charge in [0.05, 0.1) is 13.7 Å². The van der Waals surface area contributed by atoms with Gasteiger partial charge in [-0.15, -0.1) is 11.3 Å². The number of benzene rings is 1. The molecule has 0 aliphatic heterocycles. The molecule has 5 heteroatoms. The zero-order valence-electron chi connectivity index (χ0n) is 12.0. The van der Waals surface area contributed by atoms with Crippen LogP contribution >= 0.6 is 23.1 Å². The molecule has 21 heavy (non-hydrogen) atoms. The van der Waals surface area contributed by atoms with Crippen molar-refractivity contribution in [3.63, 3.8) is 0 Å². The third-order valence-corrected chi connectivity index (χ3v) is 4.91. The van der Waals surface area contributed by atoms with Crippen LogP contribution in [0.15, 0.2) is 27.9 Å². The van der Waals surface area contributed by atoms with Gasteiger partial charge in [-0.2, -0.15) is 0 Å². The molecule has 0 spiro atoms. The van der Waals surface area contributed by atoms with Gasteiger partial charge in [-0.3, -0.25) is 0 Å². The van der Waals surface area contributed by atoms with Crippen molar-refractivity contribution in [1.29, 1.82) is 0 Å². The number of hydrogen-bond donors (Lipinski definition) is 1. The van der Waals surface area contributed by atoms with Gasteiger partial charge in [-0.25, -0.2) is 4.98 Å². The molecular weight excluding hydrogens is 302 g/mol. The predicted octanol–water partition coefficient (Wildman–Crippen LogP) is 3.49. The molecule has 0 radical (unpaired) electrons. The third kappa shape index (κ3) is 4.78. The number of aliphatic hydroxyl groups is 1. The molecule has 0 saturated carbocycles. The number of rotatable bonds is 5. The smallest absolute Gasteiger partial charge is 0.150 e. The molecular formula is C16H17NO2S2. The summed E-state index contributed by atoms with van der Waals surface area (Å²) >= 11 is 3.36. The van der Waals surface area contributed by atoms with Crippen LogP contribution in [0.1, 0.15) is 23.2 Å². The van der Waals surface area contributed by atoms with Crippen molar-refractivity contribution >= 4 is 23.1 Å². The molecule has 2 rings (SSSR count). The Kier molecular flexibility index (Phi) is 6.12. The van der Waals surface area contributed by atoms with E-state index in [0.717, 1.165) is 32.7 Å². The number of aryl methyl sites for hydroxylation is 1. The summed E-state index contributed by atoms with van der Waals surface area (Å²) in [6.07, 6.45) is 0.490. The van der Waals surface area contributed by atoms with E-state index in [0.29, 0.717) is 6.42 Å². The molecule has 0 unspecified atom stereocenters. The van der Waals surface area contributed by atoms with Crippen LogP contribution in [0.3, 0.4) is 0 Å². The lowest BCUT2D eigenvalue weighted by Crippen LogP contribution is -1.91. The summed E-state index contributed by atoms with van der Waals surface area (Å²) < 4.78 is 6.34. The van der Waals surface area contributed by atoms with Gasteiger partial charge >= 0.3 is 0 Å². The molecule has 0 aliphatic carbocycles. The molecule has 0 bridgehead atoms. The summed E-state index contributed by atoms with van der Waals surface area (Å²) in [6, 6.07) is 5.88. The average molecular weight is 319 g/mol. The molecule has 3 nitrogen and oxygen atoms in total. The van der Waals surface area contributed by atoms with Crippen LogP contribution in [0.5, 0.6) is 5.75 Å². The average Bonchev–Trinajstić information content (AvgIpc) is 2.92. The number of nitrogens with zero attached hydrogens (tertiary/aromatic N) is 1. The number of methoxy groups -OCH3 is 1. The number of aliphatic hydroxyl groups excluding tert-OH is 1. The zero-order chi connectivity index (χ0) is 15.1. The molecule has 2 aromatic rings. The fraction of sp³-hybridized carbons (Fsp3) is 0.312. The van der Waals surface area contributed by atoms with Gasteiger partial charge in [0.1, 0.15) is 10.1 Å². The highest BCUT2D eigenvalue weighted by Gasteiger charge is 2.06. The maximum absolute atomic E-state index is 8.82. The Bertz CT molecular complexity index is 656. The summed E-state index contributed by atoms with van der Waals surface area (Å²) in [5.41, 5.74) is 3.15. The molecule has 0 atom stereocenters. The molecule has 1 N–H and O–H groups in total. The topological polar surface area (TPSA) is 42.4 Å². The number of thioether (sulfide) groups is 1. The van der Waals surface area contributed by atoms with Crippen LogP contribution in [-0.2, 0) is 5.75 Å². The molecule has 1 aromatic heterocycles. The number of aromatic nitrogens is 1. The highest BCUT2D eigenvalue weighted by molar-refractivity contribution is 8.00. The Morgan fingerprint density at radius 1 is 1.43 bits per heavy atom. The van der Waals surface area contributed by atoms with E-state index in [1.165, 1.54) is 0 Å². The lowest BCUT2D eigenvalue weighted by Gasteiger charge is -2.06. The van der Waals surface area contributed by atoms with Crippen molar-refractivity contribution in [2.45, 2.75) is 23.4 Å². The lowest BCUT2D eigenvalue weighted by atomic mass is 10.1. The second kappa shape index (κ2) is 8.08. The van der Waals surface area contributed by atoms with Gasteiger partial charge in [0.2, 0.25) is 0 Å². The maximum atomic E-state index is 8.82. The molecule has 110 valence electrons. The standard InChI is InChI=1S/C16H17NO2S2/c1-12-10-20-16(17-12)21-11-14-9-15(19-2)7-6-13(14)5-3-4-8-18/h6-7,9-10,18H,4,8,11H2,1-2H3. The largest absolute Gasteiger partial charge is 0.497 e. The van der Waals surface area contributed by atoms with Gasteiger partial charge in [0.15, 0.2) is 0 Å².